The van der Waals surface area contributed by atoms with Crippen molar-refractivity contribution in [3.05, 3.63) is 0 Å². The van der Waals surface area contributed by atoms with E-state index in [1.54, 1.807) is 0 Å². The number of carbonyl (C=O) groups is 1. The molecular formula is C19H40IN5O2. The molecule has 0 spiro atoms. The second-order valence-corrected chi connectivity index (χ2v) is 8.32. The van der Waals surface area contributed by atoms with Crippen molar-refractivity contribution >= 4 is 36.0 Å². The first-order valence-electron chi connectivity index (χ1n) is 9.88. The Morgan fingerprint density at radius 3 is 2.44 bits per heavy atom. The molecule has 1 aliphatic rings. The minimum atomic E-state index is -0.466. The van der Waals surface area contributed by atoms with E-state index in [-0.39, 0.29) is 30.1 Å². The van der Waals surface area contributed by atoms with Crippen LogP contribution in [0.25, 0.3) is 0 Å². The standard InChI is InChI=1S/C19H39N5O2.HI/c1-8-20-17(23-16-13-24(14(2)3)12-15(16)4)21-10-9-11-22-18(25)26-19(5,6)7;/h14-16H,8-13H2,1-7H3,(H,22,25)(H2,20,21,23);1H. The van der Waals surface area contributed by atoms with Gasteiger partial charge in [-0.15, -0.1) is 24.0 Å². The molecule has 1 saturated heterocycles. The Bertz CT molecular complexity index is 466. The summed E-state index contributed by atoms with van der Waals surface area (Å²) >= 11 is 0. The van der Waals surface area contributed by atoms with Crippen LogP contribution in [0.3, 0.4) is 0 Å². The van der Waals surface area contributed by atoms with Gasteiger partial charge in [0.1, 0.15) is 5.60 Å². The molecule has 3 N–H and O–H groups in total. The summed E-state index contributed by atoms with van der Waals surface area (Å²) in [7, 11) is 0. The van der Waals surface area contributed by atoms with Crippen LogP contribution < -0.4 is 16.0 Å². The maximum absolute atomic E-state index is 11.6. The third kappa shape index (κ3) is 11.0. The summed E-state index contributed by atoms with van der Waals surface area (Å²) in [5, 5.41) is 9.65. The van der Waals surface area contributed by atoms with Gasteiger partial charge in [-0.2, -0.15) is 0 Å². The molecule has 0 saturated carbocycles. The van der Waals surface area contributed by atoms with Gasteiger partial charge in [0.05, 0.1) is 0 Å². The number of halogens is 1. The second kappa shape index (κ2) is 12.6. The Hall–Kier alpha value is -0.770. The minimum Gasteiger partial charge on any atom is -0.444 e. The molecule has 27 heavy (non-hydrogen) atoms. The highest BCUT2D eigenvalue weighted by Crippen LogP contribution is 2.18. The molecule has 1 aliphatic heterocycles. The van der Waals surface area contributed by atoms with E-state index in [4.69, 9.17) is 4.74 Å². The number of nitrogens with zero attached hydrogens (tertiary/aromatic N) is 2. The number of aliphatic imine (C=N–C) groups is 1. The number of likely N-dealkylation sites (tertiary alicyclic amines) is 1. The Labute approximate surface area is 182 Å². The Kier molecular flexibility index (Phi) is 12.3. The summed E-state index contributed by atoms with van der Waals surface area (Å²) in [6.45, 7) is 18.6. The normalized spacial score (nSPS) is 21.0. The number of hydrogen-bond acceptors (Lipinski definition) is 4. The molecule has 2 unspecified atom stereocenters. The molecule has 1 fully saturated rings. The zero-order chi connectivity index (χ0) is 19.7. The van der Waals surface area contributed by atoms with Crippen LogP contribution >= 0.6 is 24.0 Å². The van der Waals surface area contributed by atoms with Crippen LogP contribution in [-0.2, 0) is 4.74 Å². The summed E-state index contributed by atoms with van der Waals surface area (Å²) < 4.78 is 5.22. The fourth-order valence-electron chi connectivity index (χ4n) is 2.88. The fourth-order valence-corrected chi connectivity index (χ4v) is 2.88. The van der Waals surface area contributed by atoms with Crippen LogP contribution in [0.2, 0.25) is 0 Å². The molecule has 0 aromatic heterocycles. The molecule has 8 heteroatoms. The molecule has 1 rings (SSSR count). The molecule has 0 aromatic rings. The monoisotopic (exact) mass is 497 g/mol. The molecule has 0 bridgehead atoms. The van der Waals surface area contributed by atoms with Gasteiger partial charge < -0.3 is 20.7 Å². The maximum Gasteiger partial charge on any atom is 0.407 e. The smallest absolute Gasteiger partial charge is 0.407 e. The zero-order valence-corrected chi connectivity index (χ0v) is 20.4. The highest BCUT2D eigenvalue weighted by molar-refractivity contribution is 14.0. The minimum absolute atomic E-state index is 0. The van der Waals surface area contributed by atoms with E-state index in [2.05, 4.69) is 53.5 Å². The Morgan fingerprint density at radius 1 is 1.26 bits per heavy atom. The summed E-state index contributed by atoms with van der Waals surface area (Å²) in [5.41, 5.74) is -0.466. The Morgan fingerprint density at radius 2 is 1.93 bits per heavy atom. The van der Waals surface area contributed by atoms with Crippen molar-refractivity contribution in [2.45, 2.75) is 72.6 Å². The highest BCUT2D eigenvalue weighted by atomic mass is 127. The molecule has 7 nitrogen and oxygen atoms in total. The zero-order valence-electron chi connectivity index (χ0n) is 18.1. The van der Waals surface area contributed by atoms with Crippen molar-refractivity contribution in [2.75, 3.05) is 32.7 Å². The van der Waals surface area contributed by atoms with Gasteiger partial charge in [0.25, 0.3) is 0 Å². The topological polar surface area (TPSA) is 78.0 Å². The lowest BCUT2D eigenvalue weighted by molar-refractivity contribution is 0.0527. The van der Waals surface area contributed by atoms with Crippen molar-refractivity contribution in [1.82, 2.24) is 20.9 Å². The van der Waals surface area contributed by atoms with Crippen molar-refractivity contribution in [3.8, 4) is 0 Å². The number of ether oxygens (including phenoxy) is 1. The van der Waals surface area contributed by atoms with Crippen LogP contribution in [0.1, 0.15) is 54.9 Å². The summed E-state index contributed by atoms with van der Waals surface area (Å²) in [6.07, 6.45) is 0.397. The quantitative estimate of drug-likeness (QED) is 0.218. The lowest BCUT2D eigenvalue weighted by atomic mass is 10.1. The maximum atomic E-state index is 11.6. The van der Waals surface area contributed by atoms with Gasteiger partial charge in [0.15, 0.2) is 5.96 Å². The molecule has 2 atom stereocenters. The third-order valence-corrected chi connectivity index (χ3v) is 4.31. The number of carbonyl (C=O) groups excluding carboxylic acids is 1. The number of rotatable bonds is 7. The van der Waals surface area contributed by atoms with Gasteiger partial charge in [-0.1, -0.05) is 6.92 Å². The predicted octanol–water partition coefficient (Wildman–Crippen LogP) is 2.80. The number of amides is 1. The van der Waals surface area contributed by atoms with E-state index in [0.717, 1.165) is 32.0 Å². The average molecular weight is 497 g/mol. The molecule has 0 aromatic carbocycles. The molecule has 1 amide bonds. The van der Waals surface area contributed by atoms with E-state index in [1.807, 2.05) is 20.8 Å². The molecule has 0 radical (unpaired) electrons. The van der Waals surface area contributed by atoms with Gasteiger partial charge in [0.2, 0.25) is 0 Å². The van der Waals surface area contributed by atoms with E-state index in [9.17, 15) is 4.79 Å². The predicted molar refractivity (Wildman–Crippen MR) is 123 cm³/mol. The first-order chi connectivity index (χ1) is 12.1. The summed E-state index contributed by atoms with van der Waals surface area (Å²) in [6, 6.07) is 0.984. The SMILES string of the molecule is CCNC(=NCCCNC(=O)OC(C)(C)C)NC1CN(C(C)C)CC1C.I. The van der Waals surface area contributed by atoms with Crippen LogP contribution in [0.5, 0.6) is 0 Å². The van der Waals surface area contributed by atoms with Crippen molar-refractivity contribution < 1.29 is 9.53 Å². The van der Waals surface area contributed by atoms with Crippen LogP contribution in [0.15, 0.2) is 4.99 Å². The molecule has 0 aliphatic carbocycles. The van der Waals surface area contributed by atoms with Gasteiger partial charge in [-0.05, 0) is 53.9 Å². The molecule has 160 valence electrons. The van der Waals surface area contributed by atoms with Gasteiger partial charge in [-0.3, -0.25) is 9.89 Å². The number of alkyl carbamates (subject to hydrolysis) is 1. The van der Waals surface area contributed by atoms with Crippen LogP contribution in [-0.4, -0.2) is 67.4 Å². The fraction of sp³-hybridized carbons (Fsp3) is 0.895. The number of nitrogens with one attached hydrogen (secondary N) is 3. The van der Waals surface area contributed by atoms with Crippen LogP contribution in [0, 0.1) is 5.92 Å². The first-order valence-corrected chi connectivity index (χ1v) is 9.88. The lowest BCUT2D eigenvalue weighted by Crippen LogP contribution is -2.47. The first kappa shape index (κ1) is 26.2. The average Bonchev–Trinajstić information content (AvgIpc) is 2.86. The largest absolute Gasteiger partial charge is 0.444 e. The summed E-state index contributed by atoms with van der Waals surface area (Å²) in [5.74, 6) is 1.45. The van der Waals surface area contributed by atoms with Gasteiger partial charge in [-0.25, -0.2) is 4.79 Å². The number of hydrogen-bond donors (Lipinski definition) is 3. The van der Waals surface area contributed by atoms with Gasteiger partial charge >= 0.3 is 6.09 Å². The van der Waals surface area contributed by atoms with E-state index < -0.39 is 5.60 Å². The van der Waals surface area contributed by atoms with Crippen LogP contribution in [0.4, 0.5) is 4.79 Å². The Balaban J connectivity index is 0.00000676. The summed E-state index contributed by atoms with van der Waals surface area (Å²) in [4.78, 5) is 18.7. The van der Waals surface area contributed by atoms with Crippen molar-refractivity contribution in [3.63, 3.8) is 0 Å². The lowest BCUT2D eigenvalue weighted by Gasteiger charge is -2.22. The van der Waals surface area contributed by atoms with E-state index >= 15 is 0 Å². The molecule has 1 heterocycles. The third-order valence-electron chi connectivity index (χ3n) is 4.31. The van der Waals surface area contributed by atoms with E-state index in [0.29, 0.717) is 31.1 Å². The number of guanidine groups is 1. The van der Waals surface area contributed by atoms with Gasteiger partial charge in [0, 0.05) is 44.8 Å². The highest BCUT2D eigenvalue weighted by Gasteiger charge is 2.31. The second-order valence-electron chi connectivity index (χ2n) is 8.32. The molecular weight excluding hydrogens is 457 g/mol. The van der Waals surface area contributed by atoms with Crippen molar-refractivity contribution in [1.29, 1.82) is 0 Å². The van der Waals surface area contributed by atoms with E-state index in [1.165, 1.54) is 0 Å². The van der Waals surface area contributed by atoms with Crippen molar-refractivity contribution in [2.24, 2.45) is 10.9 Å².